The van der Waals surface area contributed by atoms with Gasteiger partial charge in [0, 0.05) is 18.3 Å². The van der Waals surface area contributed by atoms with Crippen LogP contribution in [0.25, 0.3) is 0 Å². The molecule has 35 heavy (non-hydrogen) atoms. The van der Waals surface area contributed by atoms with Crippen molar-refractivity contribution in [2.75, 3.05) is 24.0 Å². The largest absolute Gasteiger partial charge is 0.480 e. The van der Waals surface area contributed by atoms with Crippen LogP contribution in [0.5, 0.6) is 0 Å². The van der Waals surface area contributed by atoms with Gasteiger partial charge in [-0.25, -0.2) is 9.78 Å². The molecule has 0 fully saturated rings. The monoisotopic (exact) mass is 530 g/mol. The van der Waals surface area contributed by atoms with E-state index in [9.17, 15) is 24.3 Å². The Labute approximate surface area is 214 Å². The fourth-order valence-corrected chi connectivity index (χ4v) is 4.20. The molecular formula is C22H38N6O5S2. The zero-order chi connectivity index (χ0) is 26.4. The Balaban J connectivity index is 3.00. The number of aliphatic carboxylic acids is 1. The quantitative estimate of drug-likeness (QED) is 0.166. The molecule has 3 amide bonds. The van der Waals surface area contributed by atoms with E-state index >= 15 is 0 Å². The standard InChI is InChI=1S/C22H38N6O5S2/c1-13(2)9-15(23)19(29)28-18(10-14-11-24-12-25-14)21(31)26-16(5-7-34-3)20(30)27-17(22(32)33)6-8-35-4/h11-13,15-18H,5-10,23H2,1-4H3,(H,24,25)(H,26,31)(H,27,30)(H,28,29)(H,32,33). The van der Waals surface area contributed by atoms with Gasteiger partial charge in [0.25, 0.3) is 0 Å². The summed E-state index contributed by atoms with van der Waals surface area (Å²) in [6.07, 6.45) is 7.86. The van der Waals surface area contributed by atoms with Gasteiger partial charge in [-0.1, -0.05) is 13.8 Å². The minimum Gasteiger partial charge on any atom is -0.480 e. The summed E-state index contributed by atoms with van der Waals surface area (Å²) in [5.41, 5.74) is 6.61. The van der Waals surface area contributed by atoms with Crippen molar-refractivity contribution in [1.82, 2.24) is 25.9 Å². The van der Waals surface area contributed by atoms with E-state index in [1.807, 2.05) is 26.4 Å². The number of carboxylic acid groups (broad SMARTS) is 1. The molecule has 0 aliphatic heterocycles. The summed E-state index contributed by atoms with van der Waals surface area (Å²) in [5.74, 6) is -1.42. The van der Waals surface area contributed by atoms with Crippen molar-refractivity contribution < 1.29 is 24.3 Å². The van der Waals surface area contributed by atoms with Crippen molar-refractivity contribution in [1.29, 1.82) is 0 Å². The van der Waals surface area contributed by atoms with Crippen molar-refractivity contribution in [2.24, 2.45) is 11.7 Å². The maximum absolute atomic E-state index is 13.2. The van der Waals surface area contributed by atoms with E-state index < -0.39 is 47.9 Å². The van der Waals surface area contributed by atoms with Crippen molar-refractivity contribution in [2.45, 2.75) is 63.7 Å². The molecule has 1 aromatic heterocycles. The third kappa shape index (κ3) is 11.8. The third-order valence-corrected chi connectivity index (χ3v) is 6.43. The normalized spacial score (nSPS) is 14.6. The molecule has 4 unspecified atom stereocenters. The number of aromatic nitrogens is 2. The molecule has 198 valence electrons. The number of aromatic amines is 1. The maximum Gasteiger partial charge on any atom is 0.326 e. The van der Waals surface area contributed by atoms with Crippen molar-refractivity contribution in [3.8, 4) is 0 Å². The van der Waals surface area contributed by atoms with Gasteiger partial charge in [0.15, 0.2) is 0 Å². The number of nitrogens with two attached hydrogens (primary N) is 1. The Kier molecular flexibility index (Phi) is 14.4. The minimum absolute atomic E-state index is 0.119. The van der Waals surface area contributed by atoms with Crippen LogP contribution in [0.1, 0.15) is 38.8 Å². The molecule has 1 rings (SSSR count). The third-order valence-electron chi connectivity index (χ3n) is 5.14. The van der Waals surface area contributed by atoms with Crippen molar-refractivity contribution in [3.05, 3.63) is 18.2 Å². The topological polar surface area (TPSA) is 179 Å². The second-order valence-corrected chi connectivity index (χ2v) is 10.6. The van der Waals surface area contributed by atoms with E-state index in [0.717, 1.165) is 0 Å². The molecule has 1 heterocycles. The van der Waals surface area contributed by atoms with Crippen LogP contribution in [0.2, 0.25) is 0 Å². The van der Waals surface area contributed by atoms with Gasteiger partial charge < -0.3 is 31.8 Å². The molecular weight excluding hydrogens is 492 g/mol. The highest BCUT2D eigenvalue weighted by Crippen LogP contribution is 2.08. The first-order valence-electron chi connectivity index (χ1n) is 11.4. The number of imidazole rings is 1. The van der Waals surface area contributed by atoms with E-state index in [1.54, 1.807) is 6.20 Å². The van der Waals surface area contributed by atoms with Crippen LogP contribution in [0.4, 0.5) is 0 Å². The number of carbonyl (C=O) groups is 4. The molecule has 0 saturated carbocycles. The van der Waals surface area contributed by atoms with Crippen LogP contribution in [-0.2, 0) is 25.6 Å². The van der Waals surface area contributed by atoms with E-state index in [1.165, 1.54) is 29.9 Å². The maximum atomic E-state index is 13.2. The van der Waals surface area contributed by atoms with Crippen LogP contribution < -0.4 is 21.7 Å². The van der Waals surface area contributed by atoms with Crippen LogP contribution in [0, 0.1) is 5.92 Å². The zero-order valence-corrected chi connectivity index (χ0v) is 22.3. The Hall–Kier alpha value is -2.25. The van der Waals surface area contributed by atoms with Gasteiger partial charge in [0.1, 0.15) is 18.1 Å². The lowest BCUT2D eigenvalue weighted by atomic mass is 10.0. The number of H-pyrrole nitrogens is 1. The highest BCUT2D eigenvalue weighted by molar-refractivity contribution is 7.98. The van der Waals surface area contributed by atoms with Crippen molar-refractivity contribution >= 4 is 47.2 Å². The average Bonchev–Trinajstić information content (AvgIpc) is 3.31. The molecule has 0 spiro atoms. The number of carbonyl (C=O) groups excluding carboxylic acids is 3. The Morgan fingerprint density at radius 2 is 1.51 bits per heavy atom. The van der Waals surface area contributed by atoms with Gasteiger partial charge in [-0.2, -0.15) is 23.5 Å². The Morgan fingerprint density at radius 1 is 0.971 bits per heavy atom. The van der Waals surface area contributed by atoms with Gasteiger partial charge >= 0.3 is 5.97 Å². The summed E-state index contributed by atoms with van der Waals surface area (Å²) in [5, 5.41) is 17.4. The fourth-order valence-electron chi connectivity index (χ4n) is 3.26. The first-order chi connectivity index (χ1) is 16.6. The number of rotatable bonds is 17. The molecule has 11 nitrogen and oxygen atoms in total. The van der Waals surface area contributed by atoms with Crippen LogP contribution in [0.15, 0.2) is 12.5 Å². The molecule has 4 atom stereocenters. The smallest absolute Gasteiger partial charge is 0.326 e. The number of amides is 3. The van der Waals surface area contributed by atoms with Crippen LogP contribution >= 0.6 is 23.5 Å². The summed E-state index contributed by atoms with van der Waals surface area (Å²) in [6, 6.07) is -3.80. The second kappa shape index (κ2) is 16.4. The van der Waals surface area contributed by atoms with Gasteiger partial charge in [-0.05, 0) is 49.2 Å². The molecule has 7 N–H and O–H groups in total. The lowest BCUT2D eigenvalue weighted by Crippen LogP contribution is -2.57. The van der Waals surface area contributed by atoms with Crippen LogP contribution in [-0.4, -0.2) is 86.9 Å². The average molecular weight is 531 g/mol. The SMILES string of the molecule is CSCCC(NC(=O)C(CCSC)NC(=O)C(Cc1cnc[nH]1)NC(=O)C(N)CC(C)C)C(=O)O. The first kappa shape index (κ1) is 30.8. The van der Waals surface area contributed by atoms with E-state index in [4.69, 9.17) is 5.73 Å². The summed E-state index contributed by atoms with van der Waals surface area (Å²) >= 11 is 2.97. The molecule has 0 aromatic carbocycles. The molecule has 0 bridgehead atoms. The number of thioether (sulfide) groups is 2. The predicted molar refractivity (Wildman–Crippen MR) is 139 cm³/mol. The summed E-state index contributed by atoms with van der Waals surface area (Å²) in [7, 11) is 0. The van der Waals surface area contributed by atoms with Gasteiger partial charge in [-0.15, -0.1) is 0 Å². The van der Waals surface area contributed by atoms with E-state index in [0.29, 0.717) is 30.0 Å². The molecule has 0 radical (unpaired) electrons. The molecule has 1 aromatic rings. The van der Waals surface area contributed by atoms with Crippen LogP contribution in [0.3, 0.4) is 0 Å². The van der Waals surface area contributed by atoms with E-state index in [-0.39, 0.29) is 18.8 Å². The summed E-state index contributed by atoms with van der Waals surface area (Å²) < 4.78 is 0. The highest BCUT2D eigenvalue weighted by Gasteiger charge is 2.30. The number of carboxylic acids is 1. The van der Waals surface area contributed by atoms with Gasteiger partial charge in [-0.3, -0.25) is 14.4 Å². The molecule has 0 aliphatic rings. The Morgan fingerprint density at radius 3 is 2.03 bits per heavy atom. The Bertz CT molecular complexity index is 808. The van der Waals surface area contributed by atoms with Gasteiger partial charge in [0.05, 0.1) is 12.4 Å². The molecule has 0 saturated heterocycles. The first-order valence-corrected chi connectivity index (χ1v) is 14.2. The zero-order valence-electron chi connectivity index (χ0n) is 20.7. The van der Waals surface area contributed by atoms with Gasteiger partial charge in [0.2, 0.25) is 17.7 Å². The predicted octanol–water partition coefficient (Wildman–Crippen LogP) is 0.371. The lowest BCUT2D eigenvalue weighted by molar-refractivity contribution is -0.142. The highest BCUT2D eigenvalue weighted by atomic mass is 32.2. The summed E-state index contributed by atoms with van der Waals surface area (Å²) in [4.78, 5) is 57.2. The lowest BCUT2D eigenvalue weighted by Gasteiger charge is -2.25. The summed E-state index contributed by atoms with van der Waals surface area (Å²) in [6.45, 7) is 3.89. The fraction of sp³-hybridized carbons (Fsp3) is 0.682. The van der Waals surface area contributed by atoms with E-state index in [2.05, 4.69) is 25.9 Å². The van der Waals surface area contributed by atoms with Crippen molar-refractivity contribution in [3.63, 3.8) is 0 Å². The number of hydrogen-bond donors (Lipinski definition) is 6. The number of hydrogen-bond acceptors (Lipinski definition) is 8. The minimum atomic E-state index is -1.13. The number of nitrogens with zero attached hydrogens (tertiary/aromatic N) is 1. The second-order valence-electron chi connectivity index (χ2n) is 8.60. The number of nitrogens with one attached hydrogen (secondary N) is 4. The molecule has 13 heteroatoms. The molecule has 0 aliphatic carbocycles.